The lowest BCUT2D eigenvalue weighted by atomic mass is 9.95. The Hall–Kier alpha value is -1.70. The molecule has 0 unspecified atom stereocenters. The third-order valence-electron chi connectivity index (χ3n) is 4.32. The van der Waals surface area contributed by atoms with E-state index in [1.165, 1.54) is 12.1 Å². The molecule has 1 aromatic carbocycles. The summed E-state index contributed by atoms with van der Waals surface area (Å²) in [6.07, 6.45) is 1.38. The number of hydrogen-bond acceptors (Lipinski definition) is 3. The van der Waals surface area contributed by atoms with E-state index in [0.29, 0.717) is 28.3 Å². The lowest BCUT2D eigenvalue weighted by molar-refractivity contribution is -0.0505. The average molecular weight is 430 g/mol. The molecule has 0 fully saturated rings. The second kappa shape index (κ2) is 6.23. The minimum atomic E-state index is -2.94. The predicted octanol–water partition coefficient (Wildman–Crippen LogP) is 4.92. The Kier molecular flexibility index (Phi) is 4.17. The van der Waals surface area contributed by atoms with E-state index in [-0.39, 0.29) is 11.7 Å². The third-order valence-corrected chi connectivity index (χ3v) is 5.02. The van der Waals surface area contributed by atoms with Gasteiger partial charge in [-0.05, 0) is 52.7 Å². The summed E-state index contributed by atoms with van der Waals surface area (Å²) in [7, 11) is 0. The van der Waals surface area contributed by atoms with Crippen LogP contribution < -0.4 is 4.74 Å². The van der Waals surface area contributed by atoms with Gasteiger partial charge in [-0.2, -0.15) is 8.78 Å². The number of aliphatic hydroxyl groups is 1. The average Bonchev–Trinajstić information content (AvgIpc) is 3.07. The predicted molar refractivity (Wildman–Crippen MR) is 92.4 cm³/mol. The Labute approximate surface area is 155 Å². The molecule has 0 saturated heterocycles. The van der Waals surface area contributed by atoms with Crippen LogP contribution in [0.4, 0.5) is 8.78 Å². The largest absolute Gasteiger partial charge is 0.435 e. The number of hydrogen-bond donors (Lipinski definition) is 1. The fraction of sp³-hybridized carbons (Fsp3) is 0.235. The summed E-state index contributed by atoms with van der Waals surface area (Å²) >= 11 is 9.50. The highest BCUT2D eigenvalue weighted by atomic mass is 79.9. The van der Waals surface area contributed by atoms with Gasteiger partial charge >= 0.3 is 6.61 Å². The molecular weight excluding hydrogens is 418 g/mol. The van der Waals surface area contributed by atoms with Crippen molar-refractivity contribution < 1.29 is 18.6 Å². The molecule has 0 bridgehead atoms. The number of fused-ring (bicyclic) bond motifs is 3. The van der Waals surface area contributed by atoms with Gasteiger partial charge in [0.2, 0.25) is 0 Å². The zero-order valence-electron chi connectivity index (χ0n) is 12.7. The number of aromatic nitrogens is 2. The molecule has 1 N–H and O–H groups in total. The number of nitrogens with zero attached hydrogens (tertiary/aromatic N) is 2. The van der Waals surface area contributed by atoms with Crippen LogP contribution in [0.25, 0.3) is 5.65 Å². The quantitative estimate of drug-likeness (QED) is 0.643. The number of ether oxygens (including phenoxy) is 1. The van der Waals surface area contributed by atoms with Crippen LogP contribution in [0.5, 0.6) is 5.75 Å². The van der Waals surface area contributed by atoms with E-state index >= 15 is 0 Å². The van der Waals surface area contributed by atoms with Gasteiger partial charge in [-0.15, -0.1) is 0 Å². The fourth-order valence-corrected chi connectivity index (χ4v) is 3.88. The summed E-state index contributed by atoms with van der Waals surface area (Å²) < 4.78 is 32.9. The van der Waals surface area contributed by atoms with Crippen molar-refractivity contribution >= 4 is 33.2 Å². The molecule has 0 aliphatic heterocycles. The summed E-state index contributed by atoms with van der Waals surface area (Å²) in [4.78, 5) is 4.47. The Bertz CT molecular complexity index is 963. The molecule has 0 radical (unpaired) electrons. The molecule has 2 aromatic heterocycles. The number of pyridine rings is 1. The molecule has 4 rings (SSSR count). The molecule has 130 valence electrons. The van der Waals surface area contributed by atoms with Crippen molar-refractivity contribution in [1.29, 1.82) is 0 Å². The van der Waals surface area contributed by atoms with Crippen LogP contribution in [-0.4, -0.2) is 21.1 Å². The van der Waals surface area contributed by atoms with Crippen molar-refractivity contribution in [2.24, 2.45) is 0 Å². The maximum absolute atomic E-state index is 12.8. The van der Waals surface area contributed by atoms with Gasteiger partial charge in [0.25, 0.3) is 0 Å². The summed E-state index contributed by atoms with van der Waals surface area (Å²) in [5.41, 5.74) is 2.49. The van der Waals surface area contributed by atoms with Crippen LogP contribution in [-0.2, 0) is 0 Å². The first-order valence-corrected chi connectivity index (χ1v) is 8.71. The molecule has 1 aliphatic carbocycles. The van der Waals surface area contributed by atoms with E-state index in [1.54, 1.807) is 6.07 Å². The van der Waals surface area contributed by atoms with Gasteiger partial charge in [0.1, 0.15) is 11.4 Å². The maximum atomic E-state index is 12.8. The Morgan fingerprint density at radius 2 is 2.12 bits per heavy atom. The molecule has 8 heteroatoms. The normalized spacial score (nSPS) is 19.6. The lowest BCUT2D eigenvalue weighted by Gasteiger charge is -2.18. The highest BCUT2D eigenvalue weighted by Crippen LogP contribution is 2.47. The Morgan fingerprint density at radius 1 is 1.32 bits per heavy atom. The van der Waals surface area contributed by atoms with Crippen molar-refractivity contribution in [3.63, 3.8) is 0 Å². The van der Waals surface area contributed by atoms with E-state index in [9.17, 15) is 13.9 Å². The molecule has 2 heterocycles. The lowest BCUT2D eigenvalue weighted by Crippen LogP contribution is -2.08. The van der Waals surface area contributed by atoms with Crippen LogP contribution in [0.1, 0.15) is 35.4 Å². The number of imidazole rings is 1. The SMILES string of the molecule is O[C@H]1C[C@@H](c2cc(Cl)ccc2OC(F)F)c2c1nc1ccc(Br)cn21. The Morgan fingerprint density at radius 3 is 2.88 bits per heavy atom. The second-order valence-corrected chi connectivity index (χ2v) is 7.17. The van der Waals surface area contributed by atoms with Crippen LogP contribution >= 0.6 is 27.5 Å². The van der Waals surface area contributed by atoms with Gasteiger partial charge in [-0.25, -0.2) is 4.98 Å². The van der Waals surface area contributed by atoms with Gasteiger partial charge in [0.15, 0.2) is 0 Å². The molecular formula is C17H12BrClF2N2O2. The number of rotatable bonds is 3. The zero-order valence-corrected chi connectivity index (χ0v) is 15.0. The van der Waals surface area contributed by atoms with E-state index in [0.717, 1.165) is 10.2 Å². The van der Waals surface area contributed by atoms with Crippen LogP contribution in [0, 0.1) is 0 Å². The summed E-state index contributed by atoms with van der Waals surface area (Å²) in [5, 5.41) is 10.8. The van der Waals surface area contributed by atoms with Crippen molar-refractivity contribution in [2.45, 2.75) is 25.1 Å². The molecule has 0 saturated carbocycles. The first-order valence-electron chi connectivity index (χ1n) is 7.53. The van der Waals surface area contributed by atoms with Gasteiger partial charge in [-0.1, -0.05) is 11.6 Å². The Balaban J connectivity index is 1.91. The van der Waals surface area contributed by atoms with Crippen molar-refractivity contribution in [2.75, 3.05) is 0 Å². The topological polar surface area (TPSA) is 46.8 Å². The first kappa shape index (κ1) is 16.8. The van der Waals surface area contributed by atoms with Gasteiger partial charge < -0.3 is 14.2 Å². The monoisotopic (exact) mass is 428 g/mol. The zero-order chi connectivity index (χ0) is 17.7. The van der Waals surface area contributed by atoms with Crippen LogP contribution in [0.2, 0.25) is 5.02 Å². The minimum Gasteiger partial charge on any atom is -0.435 e. The molecule has 0 spiro atoms. The summed E-state index contributed by atoms with van der Waals surface area (Å²) in [6.45, 7) is -2.94. The van der Waals surface area contributed by atoms with Gasteiger partial charge in [0, 0.05) is 27.2 Å². The van der Waals surface area contributed by atoms with Crippen molar-refractivity contribution in [1.82, 2.24) is 9.38 Å². The summed E-state index contributed by atoms with van der Waals surface area (Å²) in [5.74, 6) is -0.309. The van der Waals surface area contributed by atoms with Gasteiger partial charge in [-0.3, -0.25) is 0 Å². The molecule has 0 amide bonds. The number of aliphatic hydroxyl groups excluding tert-OH is 1. The third kappa shape index (κ3) is 2.90. The first-order chi connectivity index (χ1) is 11.9. The van der Waals surface area contributed by atoms with Crippen LogP contribution in [0.3, 0.4) is 0 Å². The second-order valence-electron chi connectivity index (χ2n) is 5.82. The standard InChI is InChI=1S/C17H12BrClF2N2O2/c18-8-1-4-14-22-15-12(24)6-11(16(15)23(14)7-8)10-5-9(19)2-3-13(10)25-17(20)21/h1-5,7,11-12,17,24H,6H2/t11-,12-/m0/s1. The van der Waals surface area contributed by atoms with E-state index in [2.05, 4.69) is 25.7 Å². The van der Waals surface area contributed by atoms with E-state index in [1.807, 2.05) is 22.7 Å². The molecule has 2 atom stereocenters. The highest BCUT2D eigenvalue weighted by molar-refractivity contribution is 9.10. The van der Waals surface area contributed by atoms with Crippen molar-refractivity contribution in [3.05, 3.63) is 63.0 Å². The van der Waals surface area contributed by atoms with E-state index < -0.39 is 12.7 Å². The minimum absolute atomic E-state index is 0.0504. The summed E-state index contributed by atoms with van der Waals surface area (Å²) in [6, 6.07) is 8.20. The fourth-order valence-electron chi connectivity index (χ4n) is 3.36. The molecule has 3 aromatic rings. The molecule has 4 nitrogen and oxygen atoms in total. The maximum Gasteiger partial charge on any atom is 0.387 e. The molecule has 1 aliphatic rings. The highest BCUT2D eigenvalue weighted by Gasteiger charge is 2.37. The van der Waals surface area contributed by atoms with Gasteiger partial charge in [0.05, 0.1) is 17.5 Å². The number of benzene rings is 1. The molecule has 25 heavy (non-hydrogen) atoms. The van der Waals surface area contributed by atoms with Crippen LogP contribution in [0.15, 0.2) is 41.0 Å². The van der Waals surface area contributed by atoms with Crippen molar-refractivity contribution in [3.8, 4) is 5.75 Å². The smallest absolute Gasteiger partial charge is 0.387 e. The number of halogens is 4. The number of alkyl halides is 2. The van der Waals surface area contributed by atoms with E-state index in [4.69, 9.17) is 11.6 Å².